The van der Waals surface area contributed by atoms with Crippen LogP contribution in [0.2, 0.25) is 0 Å². The van der Waals surface area contributed by atoms with Gasteiger partial charge in [0.2, 0.25) is 5.91 Å². The van der Waals surface area contributed by atoms with Crippen LogP contribution in [0.5, 0.6) is 0 Å². The summed E-state index contributed by atoms with van der Waals surface area (Å²) in [7, 11) is 0. The van der Waals surface area contributed by atoms with Gasteiger partial charge in [-0.25, -0.2) is 4.98 Å². The molecule has 1 heterocycles. The SMILES string of the molecule is CCN(CC)C(=O)CCCn1cnc(C)c1C. The lowest BCUT2D eigenvalue weighted by atomic mass is 10.2. The van der Waals surface area contributed by atoms with E-state index in [9.17, 15) is 4.79 Å². The fourth-order valence-corrected chi connectivity index (χ4v) is 1.90. The molecule has 0 bridgehead atoms. The molecule has 0 saturated heterocycles. The number of amides is 1. The number of aromatic nitrogens is 2. The molecule has 0 unspecified atom stereocenters. The second kappa shape index (κ2) is 6.42. The number of carbonyl (C=O) groups excluding carboxylic acids is 1. The summed E-state index contributed by atoms with van der Waals surface area (Å²) in [6, 6.07) is 0. The first-order valence-corrected chi connectivity index (χ1v) is 6.36. The van der Waals surface area contributed by atoms with Gasteiger partial charge in [-0.2, -0.15) is 0 Å². The summed E-state index contributed by atoms with van der Waals surface area (Å²) in [6.45, 7) is 10.6. The molecule has 0 spiro atoms. The molecule has 1 rings (SSSR count). The third kappa shape index (κ3) is 3.58. The molecule has 96 valence electrons. The van der Waals surface area contributed by atoms with Crippen LogP contribution in [0.3, 0.4) is 0 Å². The normalized spacial score (nSPS) is 10.6. The molecule has 0 aliphatic rings. The maximum Gasteiger partial charge on any atom is 0.222 e. The molecule has 0 fully saturated rings. The molecule has 0 aliphatic heterocycles. The number of hydrogen-bond donors (Lipinski definition) is 0. The topological polar surface area (TPSA) is 38.1 Å². The summed E-state index contributed by atoms with van der Waals surface area (Å²) in [5.41, 5.74) is 2.26. The highest BCUT2D eigenvalue weighted by Crippen LogP contribution is 2.07. The van der Waals surface area contributed by atoms with Crippen LogP contribution in [-0.4, -0.2) is 33.4 Å². The quantitative estimate of drug-likeness (QED) is 0.760. The first-order chi connectivity index (χ1) is 8.10. The monoisotopic (exact) mass is 237 g/mol. The van der Waals surface area contributed by atoms with E-state index in [1.165, 1.54) is 5.69 Å². The van der Waals surface area contributed by atoms with Crippen molar-refractivity contribution in [3.8, 4) is 0 Å². The van der Waals surface area contributed by atoms with Crippen molar-refractivity contribution in [1.29, 1.82) is 0 Å². The van der Waals surface area contributed by atoms with Crippen molar-refractivity contribution in [2.24, 2.45) is 0 Å². The molecule has 0 N–H and O–H groups in total. The van der Waals surface area contributed by atoms with Crippen LogP contribution in [0.25, 0.3) is 0 Å². The fourth-order valence-electron chi connectivity index (χ4n) is 1.90. The van der Waals surface area contributed by atoms with Crippen molar-refractivity contribution in [2.75, 3.05) is 13.1 Å². The van der Waals surface area contributed by atoms with Gasteiger partial charge in [0, 0.05) is 31.7 Å². The van der Waals surface area contributed by atoms with Gasteiger partial charge >= 0.3 is 0 Å². The van der Waals surface area contributed by atoms with E-state index >= 15 is 0 Å². The molecule has 1 amide bonds. The predicted molar refractivity (Wildman–Crippen MR) is 68.9 cm³/mol. The number of imidazole rings is 1. The number of rotatable bonds is 6. The second-order valence-corrected chi connectivity index (χ2v) is 4.28. The average molecular weight is 237 g/mol. The molecule has 1 aromatic heterocycles. The van der Waals surface area contributed by atoms with E-state index in [2.05, 4.69) is 16.5 Å². The average Bonchev–Trinajstić information content (AvgIpc) is 2.62. The van der Waals surface area contributed by atoms with Crippen molar-refractivity contribution < 1.29 is 4.79 Å². The van der Waals surface area contributed by atoms with Crippen LogP contribution >= 0.6 is 0 Å². The third-order valence-corrected chi connectivity index (χ3v) is 3.25. The molecule has 0 aliphatic carbocycles. The summed E-state index contributed by atoms with van der Waals surface area (Å²) in [5, 5.41) is 0. The molecule has 0 radical (unpaired) electrons. The molecule has 0 atom stereocenters. The van der Waals surface area contributed by atoms with Crippen LogP contribution in [0.1, 0.15) is 38.1 Å². The Morgan fingerprint density at radius 2 is 2.00 bits per heavy atom. The molecule has 17 heavy (non-hydrogen) atoms. The Morgan fingerprint density at radius 1 is 1.35 bits per heavy atom. The van der Waals surface area contributed by atoms with Gasteiger partial charge in [0.25, 0.3) is 0 Å². The minimum Gasteiger partial charge on any atom is -0.343 e. The lowest BCUT2D eigenvalue weighted by Gasteiger charge is -2.18. The smallest absolute Gasteiger partial charge is 0.222 e. The van der Waals surface area contributed by atoms with Crippen LogP contribution < -0.4 is 0 Å². The van der Waals surface area contributed by atoms with E-state index < -0.39 is 0 Å². The van der Waals surface area contributed by atoms with Crippen LogP contribution in [-0.2, 0) is 11.3 Å². The minimum absolute atomic E-state index is 0.254. The van der Waals surface area contributed by atoms with Crippen LogP contribution in [0.15, 0.2) is 6.33 Å². The van der Waals surface area contributed by atoms with Gasteiger partial charge in [0.05, 0.1) is 12.0 Å². The van der Waals surface area contributed by atoms with E-state index in [4.69, 9.17) is 0 Å². The van der Waals surface area contributed by atoms with Gasteiger partial charge < -0.3 is 9.47 Å². The molecule has 0 aromatic carbocycles. The lowest BCUT2D eigenvalue weighted by Crippen LogP contribution is -2.30. The molecule has 4 heteroatoms. The zero-order valence-corrected chi connectivity index (χ0v) is 11.4. The van der Waals surface area contributed by atoms with Gasteiger partial charge in [-0.3, -0.25) is 4.79 Å². The molecular weight excluding hydrogens is 214 g/mol. The van der Waals surface area contributed by atoms with Crippen LogP contribution in [0, 0.1) is 13.8 Å². The fraction of sp³-hybridized carbons (Fsp3) is 0.692. The summed E-state index contributed by atoms with van der Waals surface area (Å²) in [5.74, 6) is 0.254. The van der Waals surface area contributed by atoms with E-state index in [0.29, 0.717) is 6.42 Å². The van der Waals surface area contributed by atoms with Gasteiger partial charge in [0.15, 0.2) is 0 Å². The first-order valence-electron chi connectivity index (χ1n) is 6.36. The number of aryl methyl sites for hydroxylation is 2. The highest BCUT2D eigenvalue weighted by molar-refractivity contribution is 5.76. The highest BCUT2D eigenvalue weighted by atomic mass is 16.2. The summed E-state index contributed by atoms with van der Waals surface area (Å²) in [4.78, 5) is 17.9. The Morgan fingerprint density at radius 3 is 2.47 bits per heavy atom. The van der Waals surface area contributed by atoms with Crippen molar-refractivity contribution in [2.45, 2.75) is 47.1 Å². The van der Waals surface area contributed by atoms with Crippen LogP contribution in [0.4, 0.5) is 0 Å². The zero-order valence-electron chi connectivity index (χ0n) is 11.4. The Balaban J connectivity index is 2.38. The van der Waals surface area contributed by atoms with Gasteiger partial charge in [-0.1, -0.05) is 0 Å². The third-order valence-electron chi connectivity index (χ3n) is 3.25. The second-order valence-electron chi connectivity index (χ2n) is 4.28. The van der Waals surface area contributed by atoms with E-state index in [0.717, 1.165) is 31.7 Å². The van der Waals surface area contributed by atoms with Crippen molar-refractivity contribution in [1.82, 2.24) is 14.5 Å². The zero-order chi connectivity index (χ0) is 12.8. The Labute approximate surface area is 104 Å². The highest BCUT2D eigenvalue weighted by Gasteiger charge is 2.09. The summed E-state index contributed by atoms with van der Waals surface area (Å²) in [6.07, 6.45) is 3.36. The van der Waals surface area contributed by atoms with Gasteiger partial charge in [-0.05, 0) is 34.1 Å². The van der Waals surface area contributed by atoms with E-state index in [1.54, 1.807) is 0 Å². The molecular formula is C13H23N3O. The molecule has 4 nitrogen and oxygen atoms in total. The summed E-state index contributed by atoms with van der Waals surface area (Å²) >= 11 is 0. The Hall–Kier alpha value is -1.32. The molecule has 0 saturated carbocycles. The lowest BCUT2D eigenvalue weighted by molar-refractivity contribution is -0.130. The maximum atomic E-state index is 11.8. The van der Waals surface area contributed by atoms with Gasteiger partial charge in [0.1, 0.15) is 0 Å². The minimum atomic E-state index is 0.254. The largest absolute Gasteiger partial charge is 0.343 e. The number of nitrogens with zero attached hydrogens (tertiary/aromatic N) is 3. The standard InChI is InChI=1S/C13H23N3O/c1-5-15(6-2)13(17)8-7-9-16-10-14-11(3)12(16)4/h10H,5-9H2,1-4H3. The molecule has 1 aromatic rings. The van der Waals surface area contributed by atoms with E-state index in [-0.39, 0.29) is 5.91 Å². The Bertz CT molecular complexity index is 367. The van der Waals surface area contributed by atoms with Crippen molar-refractivity contribution in [3.05, 3.63) is 17.7 Å². The number of hydrogen-bond acceptors (Lipinski definition) is 2. The number of carbonyl (C=O) groups is 1. The van der Waals surface area contributed by atoms with Crippen molar-refractivity contribution in [3.63, 3.8) is 0 Å². The van der Waals surface area contributed by atoms with Crippen molar-refractivity contribution >= 4 is 5.91 Å². The summed E-state index contributed by atoms with van der Waals surface area (Å²) < 4.78 is 2.12. The first kappa shape index (κ1) is 13.7. The predicted octanol–water partition coefficient (Wildman–Crippen LogP) is 2.15. The van der Waals surface area contributed by atoms with E-state index in [1.807, 2.05) is 32.0 Å². The maximum absolute atomic E-state index is 11.8. The van der Waals surface area contributed by atoms with Gasteiger partial charge in [-0.15, -0.1) is 0 Å². The Kier molecular flexibility index (Phi) is 5.19.